The number of nitrogens with zero attached hydrogens (tertiary/aromatic N) is 2. The number of rotatable bonds is 9. The molecule has 0 aliphatic rings. The molecule has 0 aliphatic heterocycles. The van der Waals surface area contributed by atoms with Crippen molar-refractivity contribution in [3.8, 4) is 0 Å². The Balaban J connectivity index is 4.96. The van der Waals surface area contributed by atoms with E-state index in [9.17, 15) is 0 Å². The Kier molecular flexibility index (Phi) is 8.69. The third kappa shape index (κ3) is 5.65. The van der Waals surface area contributed by atoms with E-state index in [-0.39, 0.29) is 0 Å². The molecule has 0 saturated carbocycles. The fourth-order valence-electron chi connectivity index (χ4n) is 2.46. The van der Waals surface area contributed by atoms with Gasteiger partial charge in [-0.15, -0.1) is 0 Å². The van der Waals surface area contributed by atoms with Crippen LogP contribution in [0.4, 0.5) is 0 Å². The average Bonchev–Trinajstić information content (AvgIpc) is 2.28. The summed E-state index contributed by atoms with van der Waals surface area (Å²) in [6.45, 7) is 4.49. The van der Waals surface area contributed by atoms with Gasteiger partial charge < -0.3 is 15.5 Å². The van der Waals surface area contributed by atoms with Gasteiger partial charge in [0, 0.05) is 34.1 Å². The molecule has 2 N–H and O–H groups in total. The summed E-state index contributed by atoms with van der Waals surface area (Å²) in [5.41, 5.74) is 7.50. The number of hydrogen-bond donors (Lipinski definition) is 1. The molecule has 0 heterocycles. The molecule has 0 aliphatic carbocycles. The maximum Gasteiger partial charge on any atom is 0.122 e. The third-order valence-electron chi connectivity index (χ3n) is 3.36. The van der Waals surface area contributed by atoms with E-state index in [2.05, 4.69) is 51.8 Å². The van der Waals surface area contributed by atoms with Crippen LogP contribution in [0.3, 0.4) is 0 Å². The third-order valence-corrected chi connectivity index (χ3v) is 3.36. The Labute approximate surface area is 114 Å². The highest BCUT2D eigenvalue weighted by atomic mass is 15.3. The van der Waals surface area contributed by atoms with Crippen molar-refractivity contribution in [3.05, 3.63) is 11.5 Å². The summed E-state index contributed by atoms with van der Waals surface area (Å²) in [4.78, 5) is 4.25. The SMILES string of the molecule is CCCCC(CCCC)C(N)=C(N(C)C)N(C)C. The maximum atomic E-state index is 6.44. The van der Waals surface area contributed by atoms with Crippen LogP contribution in [0.25, 0.3) is 0 Å². The zero-order valence-electron chi connectivity index (χ0n) is 13.3. The molecule has 0 saturated heterocycles. The number of hydrogen-bond acceptors (Lipinski definition) is 3. The number of unbranched alkanes of at least 4 members (excludes halogenated alkanes) is 2. The molecule has 0 spiro atoms. The zero-order chi connectivity index (χ0) is 14.1. The predicted octanol–water partition coefficient (Wildman–Crippen LogP) is 3.23. The van der Waals surface area contributed by atoms with Crippen LogP contribution in [-0.2, 0) is 0 Å². The van der Waals surface area contributed by atoms with Crippen LogP contribution in [0.5, 0.6) is 0 Å². The Morgan fingerprint density at radius 3 is 1.56 bits per heavy atom. The lowest BCUT2D eigenvalue weighted by Gasteiger charge is -2.30. The Hall–Kier alpha value is -0.860. The van der Waals surface area contributed by atoms with Crippen molar-refractivity contribution in [1.82, 2.24) is 9.80 Å². The largest absolute Gasteiger partial charge is 0.399 e. The first-order valence-electron chi connectivity index (χ1n) is 7.29. The molecule has 0 aromatic heterocycles. The Morgan fingerprint density at radius 2 is 1.28 bits per heavy atom. The number of allylic oxidation sites excluding steroid dienone is 1. The smallest absolute Gasteiger partial charge is 0.122 e. The molecular formula is C15H33N3. The minimum absolute atomic E-state index is 0.532. The van der Waals surface area contributed by atoms with Gasteiger partial charge in [0.1, 0.15) is 5.82 Å². The molecule has 3 nitrogen and oxygen atoms in total. The molecule has 0 rings (SSSR count). The molecule has 0 aromatic rings. The Morgan fingerprint density at radius 1 is 0.889 bits per heavy atom. The van der Waals surface area contributed by atoms with Crippen LogP contribution in [-0.4, -0.2) is 38.0 Å². The number of nitrogens with two attached hydrogens (primary N) is 1. The highest BCUT2D eigenvalue weighted by Crippen LogP contribution is 2.24. The molecular weight excluding hydrogens is 222 g/mol. The summed E-state index contributed by atoms with van der Waals surface area (Å²) in [5, 5.41) is 0. The lowest BCUT2D eigenvalue weighted by Crippen LogP contribution is -2.31. The van der Waals surface area contributed by atoms with Crippen LogP contribution < -0.4 is 5.73 Å². The van der Waals surface area contributed by atoms with E-state index in [1.54, 1.807) is 0 Å². The normalized spacial score (nSPS) is 10.6. The molecule has 0 atom stereocenters. The summed E-state index contributed by atoms with van der Waals surface area (Å²) in [5.74, 6) is 1.69. The maximum absolute atomic E-state index is 6.44. The summed E-state index contributed by atoms with van der Waals surface area (Å²) in [7, 11) is 8.27. The monoisotopic (exact) mass is 255 g/mol. The molecule has 0 bridgehead atoms. The molecule has 0 radical (unpaired) electrons. The molecule has 0 fully saturated rings. The summed E-state index contributed by atoms with van der Waals surface area (Å²) < 4.78 is 0. The van der Waals surface area contributed by atoms with Gasteiger partial charge in [-0.3, -0.25) is 0 Å². The van der Waals surface area contributed by atoms with E-state index in [1.165, 1.54) is 38.5 Å². The van der Waals surface area contributed by atoms with Gasteiger partial charge in [0.05, 0.1) is 5.70 Å². The first kappa shape index (κ1) is 17.1. The van der Waals surface area contributed by atoms with Gasteiger partial charge in [-0.25, -0.2) is 0 Å². The second kappa shape index (κ2) is 9.12. The van der Waals surface area contributed by atoms with E-state index < -0.39 is 0 Å². The van der Waals surface area contributed by atoms with Gasteiger partial charge >= 0.3 is 0 Å². The fraction of sp³-hybridized carbons (Fsp3) is 0.867. The van der Waals surface area contributed by atoms with E-state index in [1.807, 2.05) is 0 Å². The Bertz CT molecular complexity index is 226. The fourth-order valence-corrected chi connectivity index (χ4v) is 2.46. The average molecular weight is 255 g/mol. The van der Waals surface area contributed by atoms with Crippen molar-refractivity contribution in [3.63, 3.8) is 0 Å². The van der Waals surface area contributed by atoms with Gasteiger partial charge in [0.15, 0.2) is 0 Å². The molecule has 108 valence electrons. The first-order chi connectivity index (χ1) is 8.45. The predicted molar refractivity (Wildman–Crippen MR) is 81.1 cm³/mol. The van der Waals surface area contributed by atoms with Gasteiger partial charge in [0.25, 0.3) is 0 Å². The van der Waals surface area contributed by atoms with Crippen molar-refractivity contribution < 1.29 is 0 Å². The zero-order valence-corrected chi connectivity index (χ0v) is 13.3. The van der Waals surface area contributed by atoms with E-state index >= 15 is 0 Å². The van der Waals surface area contributed by atoms with Crippen LogP contribution in [0.2, 0.25) is 0 Å². The molecule has 18 heavy (non-hydrogen) atoms. The van der Waals surface area contributed by atoms with Crippen LogP contribution in [0, 0.1) is 5.92 Å². The topological polar surface area (TPSA) is 32.5 Å². The van der Waals surface area contributed by atoms with E-state index in [4.69, 9.17) is 5.73 Å². The van der Waals surface area contributed by atoms with E-state index in [0.717, 1.165) is 11.5 Å². The van der Waals surface area contributed by atoms with Crippen LogP contribution in [0.15, 0.2) is 11.5 Å². The van der Waals surface area contributed by atoms with Gasteiger partial charge in [-0.05, 0) is 12.8 Å². The highest BCUT2D eigenvalue weighted by Gasteiger charge is 2.17. The molecule has 0 aromatic carbocycles. The van der Waals surface area contributed by atoms with Gasteiger partial charge in [0.2, 0.25) is 0 Å². The van der Waals surface area contributed by atoms with Gasteiger partial charge in [-0.2, -0.15) is 0 Å². The van der Waals surface area contributed by atoms with Crippen LogP contribution in [0.1, 0.15) is 52.4 Å². The highest BCUT2D eigenvalue weighted by molar-refractivity contribution is 5.11. The second-order valence-electron chi connectivity index (χ2n) is 5.55. The summed E-state index contributed by atoms with van der Waals surface area (Å²) in [6, 6.07) is 0. The minimum Gasteiger partial charge on any atom is -0.399 e. The van der Waals surface area contributed by atoms with Crippen molar-refractivity contribution in [1.29, 1.82) is 0 Å². The van der Waals surface area contributed by atoms with Gasteiger partial charge in [-0.1, -0.05) is 39.5 Å². The standard InChI is InChI=1S/C15H33N3/c1-7-9-11-13(12-10-8-2)14(16)15(17(3)4)18(5)6/h13H,7-12,16H2,1-6H3. The van der Waals surface area contributed by atoms with Crippen molar-refractivity contribution >= 4 is 0 Å². The summed E-state index contributed by atoms with van der Waals surface area (Å²) in [6.07, 6.45) is 7.46. The quantitative estimate of drug-likeness (QED) is 0.686. The van der Waals surface area contributed by atoms with Crippen molar-refractivity contribution in [2.75, 3.05) is 28.2 Å². The molecule has 0 amide bonds. The lowest BCUT2D eigenvalue weighted by atomic mass is 9.92. The van der Waals surface area contributed by atoms with Crippen molar-refractivity contribution in [2.24, 2.45) is 11.7 Å². The second-order valence-corrected chi connectivity index (χ2v) is 5.55. The molecule has 0 unspecified atom stereocenters. The lowest BCUT2D eigenvalue weighted by molar-refractivity contribution is 0.319. The first-order valence-corrected chi connectivity index (χ1v) is 7.29. The molecule has 3 heteroatoms. The van der Waals surface area contributed by atoms with E-state index in [0.29, 0.717) is 5.92 Å². The summed E-state index contributed by atoms with van der Waals surface area (Å²) >= 11 is 0. The minimum atomic E-state index is 0.532. The van der Waals surface area contributed by atoms with Crippen LogP contribution >= 0.6 is 0 Å². The van der Waals surface area contributed by atoms with Crippen molar-refractivity contribution in [2.45, 2.75) is 52.4 Å².